The van der Waals surface area contributed by atoms with E-state index in [-0.39, 0.29) is 11.8 Å². The van der Waals surface area contributed by atoms with E-state index >= 15 is 0 Å². The fourth-order valence-electron chi connectivity index (χ4n) is 3.67. The van der Waals surface area contributed by atoms with Crippen LogP contribution in [0.5, 0.6) is 5.88 Å². The van der Waals surface area contributed by atoms with Crippen LogP contribution in [0.2, 0.25) is 0 Å². The standard InChI is InChI=1S/C23H16F2N4O3/c1-31-19-8-4-6-17(26-19)15-5-2-3-7-18(15)29-12-14-10-9-13(11-16(14)23(29)30)21-27-28-22(32-21)20(24)25/h2-11,20H,12H2,1H3. The number of anilines is 1. The number of ether oxygens (including phenoxy) is 1. The predicted molar refractivity (Wildman–Crippen MR) is 111 cm³/mol. The molecule has 0 N–H and O–H groups in total. The van der Waals surface area contributed by atoms with Crippen LogP contribution in [0.4, 0.5) is 14.5 Å². The van der Waals surface area contributed by atoms with Gasteiger partial charge in [0, 0.05) is 22.8 Å². The summed E-state index contributed by atoms with van der Waals surface area (Å²) in [6, 6.07) is 17.9. The van der Waals surface area contributed by atoms with Crippen molar-refractivity contribution in [3.8, 4) is 28.6 Å². The van der Waals surface area contributed by atoms with Gasteiger partial charge in [-0.1, -0.05) is 30.3 Å². The minimum absolute atomic E-state index is 0.0599. The van der Waals surface area contributed by atoms with Gasteiger partial charge in [-0.3, -0.25) is 4.79 Å². The van der Waals surface area contributed by atoms with Crippen LogP contribution >= 0.6 is 0 Å². The topological polar surface area (TPSA) is 81.4 Å². The second kappa shape index (κ2) is 7.84. The molecule has 0 unspecified atom stereocenters. The first-order valence-corrected chi connectivity index (χ1v) is 9.72. The number of halogens is 2. The second-order valence-electron chi connectivity index (χ2n) is 7.09. The summed E-state index contributed by atoms with van der Waals surface area (Å²) in [6.45, 7) is 0.363. The van der Waals surface area contributed by atoms with E-state index in [1.54, 1.807) is 36.3 Å². The lowest BCUT2D eigenvalue weighted by Gasteiger charge is -2.19. The van der Waals surface area contributed by atoms with Crippen molar-refractivity contribution in [3.05, 3.63) is 77.7 Å². The molecule has 0 aliphatic carbocycles. The normalized spacial score (nSPS) is 13.0. The van der Waals surface area contributed by atoms with Gasteiger partial charge >= 0.3 is 6.43 Å². The number of nitrogens with zero attached hydrogens (tertiary/aromatic N) is 4. The molecule has 2 aromatic heterocycles. The van der Waals surface area contributed by atoms with Gasteiger partial charge in [-0.15, -0.1) is 10.2 Å². The number of fused-ring (bicyclic) bond motifs is 1. The van der Waals surface area contributed by atoms with Crippen molar-refractivity contribution >= 4 is 11.6 Å². The molecule has 0 atom stereocenters. The van der Waals surface area contributed by atoms with E-state index in [9.17, 15) is 13.6 Å². The number of methoxy groups -OCH3 is 1. The highest BCUT2D eigenvalue weighted by atomic mass is 19.3. The Labute approximate surface area is 181 Å². The number of benzene rings is 2. The highest BCUT2D eigenvalue weighted by Gasteiger charge is 2.31. The molecule has 0 bridgehead atoms. The SMILES string of the molecule is COc1cccc(-c2ccccc2N2Cc3ccc(-c4nnc(C(F)F)o4)cc3C2=O)n1. The summed E-state index contributed by atoms with van der Waals surface area (Å²) in [7, 11) is 1.55. The lowest BCUT2D eigenvalue weighted by atomic mass is 10.1. The summed E-state index contributed by atoms with van der Waals surface area (Å²) in [5.41, 5.74) is 3.82. The third-order valence-corrected chi connectivity index (χ3v) is 5.19. The van der Waals surface area contributed by atoms with E-state index in [1.807, 2.05) is 36.4 Å². The van der Waals surface area contributed by atoms with Crippen molar-refractivity contribution in [2.45, 2.75) is 13.0 Å². The zero-order valence-corrected chi connectivity index (χ0v) is 16.8. The molecule has 0 radical (unpaired) electrons. The number of alkyl halides is 2. The molecule has 1 aliphatic rings. The maximum absolute atomic E-state index is 13.3. The molecule has 2 aromatic carbocycles. The van der Waals surface area contributed by atoms with Crippen molar-refractivity contribution in [1.29, 1.82) is 0 Å². The average Bonchev–Trinajstić information content (AvgIpc) is 3.44. The average molecular weight is 434 g/mol. The number of amides is 1. The predicted octanol–water partition coefficient (Wildman–Crippen LogP) is 4.91. The Morgan fingerprint density at radius 3 is 2.66 bits per heavy atom. The molecule has 0 saturated carbocycles. The lowest BCUT2D eigenvalue weighted by Crippen LogP contribution is -2.23. The minimum Gasteiger partial charge on any atom is -0.481 e. The zero-order chi connectivity index (χ0) is 22.2. The van der Waals surface area contributed by atoms with Gasteiger partial charge in [-0.25, -0.2) is 4.98 Å². The van der Waals surface area contributed by atoms with E-state index in [0.717, 1.165) is 11.1 Å². The zero-order valence-electron chi connectivity index (χ0n) is 16.8. The minimum atomic E-state index is -2.86. The molecule has 5 rings (SSSR count). The molecule has 160 valence electrons. The second-order valence-corrected chi connectivity index (χ2v) is 7.09. The first-order valence-electron chi connectivity index (χ1n) is 9.72. The summed E-state index contributed by atoms with van der Waals surface area (Å²) in [6.07, 6.45) is -2.86. The Hall–Kier alpha value is -4.14. The van der Waals surface area contributed by atoms with Crippen molar-refractivity contribution in [2.24, 2.45) is 0 Å². The van der Waals surface area contributed by atoms with Crippen LogP contribution < -0.4 is 9.64 Å². The molecule has 1 amide bonds. The molecular weight excluding hydrogens is 418 g/mol. The first kappa shape index (κ1) is 19.8. The maximum Gasteiger partial charge on any atom is 0.314 e. The number of carbonyl (C=O) groups is 1. The molecule has 9 heteroatoms. The Morgan fingerprint density at radius 2 is 1.88 bits per heavy atom. The Balaban J connectivity index is 1.50. The summed E-state index contributed by atoms with van der Waals surface area (Å²) in [5, 5.41) is 7.01. The molecule has 32 heavy (non-hydrogen) atoms. The van der Waals surface area contributed by atoms with Gasteiger partial charge in [0.15, 0.2) is 0 Å². The van der Waals surface area contributed by atoms with Gasteiger partial charge in [-0.05, 0) is 29.8 Å². The third kappa shape index (κ3) is 3.37. The summed E-state index contributed by atoms with van der Waals surface area (Å²) in [5.74, 6) is -0.560. The van der Waals surface area contributed by atoms with Gasteiger partial charge in [0.05, 0.1) is 25.0 Å². The Kier molecular flexibility index (Phi) is 4.85. The largest absolute Gasteiger partial charge is 0.481 e. The maximum atomic E-state index is 13.3. The van der Waals surface area contributed by atoms with Crippen molar-refractivity contribution in [3.63, 3.8) is 0 Å². The quantitative estimate of drug-likeness (QED) is 0.444. The van der Waals surface area contributed by atoms with E-state index in [4.69, 9.17) is 9.15 Å². The first-order chi connectivity index (χ1) is 15.5. The Bertz CT molecular complexity index is 1320. The van der Waals surface area contributed by atoms with Gasteiger partial charge in [0.1, 0.15) is 0 Å². The van der Waals surface area contributed by atoms with Gasteiger partial charge < -0.3 is 14.1 Å². The highest BCUT2D eigenvalue weighted by molar-refractivity contribution is 6.12. The van der Waals surface area contributed by atoms with Crippen LogP contribution in [0.25, 0.3) is 22.7 Å². The number of hydrogen-bond donors (Lipinski definition) is 0. The smallest absolute Gasteiger partial charge is 0.314 e. The number of para-hydroxylation sites is 1. The summed E-state index contributed by atoms with van der Waals surface area (Å²) >= 11 is 0. The van der Waals surface area contributed by atoms with Crippen molar-refractivity contribution < 1.29 is 22.7 Å². The van der Waals surface area contributed by atoms with Crippen LogP contribution in [-0.2, 0) is 6.54 Å². The molecular formula is C23H16F2N4O3. The van der Waals surface area contributed by atoms with Crippen LogP contribution in [0.1, 0.15) is 28.2 Å². The third-order valence-electron chi connectivity index (χ3n) is 5.19. The molecule has 7 nitrogen and oxygen atoms in total. The lowest BCUT2D eigenvalue weighted by molar-refractivity contribution is 0.0996. The number of pyridine rings is 1. The van der Waals surface area contributed by atoms with Crippen LogP contribution in [0, 0.1) is 0 Å². The van der Waals surface area contributed by atoms with E-state index in [0.29, 0.717) is 34.9 Å². The fraction of sp³-hybridized carbons (Fsp3) is 0.130. The van der Waals surface area contributed by atoms with Crippen molar-refractivity contribution in [2.75, 3.05) is 12.0 Å². The highest BCUT2D eigenvalue weighted by Crippen LogP contribution is 2.37. The molecule has 3 heterocycles. The fourth-order valence-corrected chi connectivity index (χ4v) is 3.67. The molecule has 0 fully saturated rings. The van der Waals surface area contributed by atoms with E-state index in [2.05, 4.69) is 15.2 Å². The van der Waals surface area contributed by atoms with Crippen molar-refractivity contribution in [1.82, 2.24) is 15.2 Å². The number of hydrogen-bond acceptors (Lipinski definition) is 6. The number of aromatic nitrogens is 3. The van der Waals surface area contributed by atoms with Gasteiger partial charge in [-0.2, -0.15) is 8.78 Å². The van der Waals surface area contributed by atoms with Gasteiger partial charge in [0.25, 0.3) is 11.8 Å². The monoisotopic (exact) mass is 434 g/mol. The number of carbonyl (C=O) groups excluding carboxylic acids is 1. The van der Waals surface area contributed by atoms with Gasteiger partial charge in [0.2, 0.25) is 11.8 Å². The van der Waals surface area contributed by atoms with Crippen LogP contribution in [-0.4, -0.2) is 28.2 Å². The molecule has 1 aliphatic heterocycles. The molecule has 0 spiro atoms. The van der Waals surface area contributed by atoms with E-state index < -0.39 is 12.3 Å². The Morgan fingerprint density at radius 1 is 1.03 bits per heavy atom. The number of rotatable bonds is 5. The summed E-state index contributed by atoms with van der Waals surface area (Å²) < 4.78 is 35.8. The summed E-state index contributed by atoms with van der Waals surface area (Å²) in [4.78, 5) is 19.4. The van der Waals surface area contributed by atoms with E-state index in [1.165, 1.54) is 0 Å². The van der Waals surface area contributed by atoms with Crippen LogP contribution in [0.15, 0.2) is 65.1 Å². The van der Waals surface area contributed by atoms with Crippen LogP contribution in [0.3, 0.4) is 0 Å². The molecule has 4 aromatic rings. The molecule has 0 saturated heterocycles.